The van der Waals surface area contributed by atoms with E-state index in [1.807, 2.05) is 232 Å². The SMILES string of the molecule is CCC(=O)c1ccc(-c2ccc(Cl)cc2)c(COC)c1.CCN(CC)C(=O)c1ccc(-c2ccc(Cl)cc2)c(COC)c1.COCc1cc(C(=O)N(C)C)ccc1-c1ccc(C(=O)N(C)C)cc1.COCc1cc(C(=O)N(C)C)ccc1-c1ccc(C(N)=O)cc1.COCc1cc(C(=O)N(C)C)ccc1-c1ccc(S(C)(=O)=O)cc1.COCc1cc(Cl)ccc1-c1ccc(Cl)cc1. The first-order chi connectivity index (χ1) is 63.0. The van der Waals surface area contributed by atoms with Crippen molar-refractivity contribution in [3.8, 4) is 66.8 Å². The van der Waals surface area contributed by atoms with Crippen LogP contribution in [0.3, 0.4) is 0 Å². The number of methoxy groups -OCH3 is 6. The van der Waals surface area contributed by atoms with E-state index in [0.29, 0.717) is 103 Å². The molecular formula is C106H116Cl4N6O15S. The first kappa shape index (κ1) is 107. The second-order valence-electron chi connectivity index (χ2n) is 31.1. The van der Waals surface area contributed by atoms with Crippen molar-refractivity contribution in [3.05, 3.63) is 347 Å². The van der Waals surface area contributed by atoms with Gasteiger partial charge in [0.05, 0.1) is 44.5 Å². The molecule has 132 heavy (non-hydrogen) atoms. The largest absolute Gasteiger partial charge is 0.380 e. The van der Waals surface area contributed by atoms with Crippen LogP contribution in [0.25, 0.3) is 66.8 Å². The first-order valence-corrected chi connectivity index (χ1v) is 45.5. The van der Waals surface area contributed by atoms with Gasteiger partial charge < -0.3 is 58.7 Å². The van der Waals surface area contributed by atoms with Crippen LogP contribution >= 0.6 is 46.4 Å². The number of primary amides is 1. The summed E-state index contributed by atoms with van der Waals surface area (Å²) in [5, 5.41) is 2.86. The Morgan fingerprint density at radius 3 is 0.742 bits per heavy atom. The van der Waals surface area contributed by atoms with Crippen LogP contribution in [-0.2, 0) is 77.9 Å². The molecule has 0 bridgehead atoms. The Hall–Kier alpha value is -12.0. The molecule has 2 N–H and O–H groups in total. The van der Waals surface area contributed by atoms with Crippen molar-refractivity contribution in [2.24, 2.45) is 5.73 Å². The smallest absolute Gasteiger partial charge is 0.253 e. The number of nitrogens with zero attached hydrogens (tertiary/aromatic N) is 5. The Balaban J connectivity index is 0.000000217. The zero-order chi connectivity index (χ0) is 97.1. The lowest BCUT2D eigenvalue weighted by Gasteiger charge is -2.20. The van der Waals surface area contributed by atoms with Crippen LogP contribution in [0.15, 0.2) is 260 Å². The first-order valence-electron chi connectivity index (χ1n) is 42.1. The van der Waals surface area contributed by atoms with E-state index in [0.717, 1.165) is 116 Å². The maximum Gasteiger partial charge on any atom is 0.253 e. The van der Waals surface area contributed by atoms with Gasteiger partial charge in [-0.05, 0) is 254 Å². The van der Waals surface area contributed by atoms with E-state index in [-0.39, 0.29) is 40.2 Å². The van der Waals surface area contributed by atoms with E-state index in [9.17, 15) is 42.0 Å². The number of hydrogen-bond acceptors (Lipinski definition) is 15. The van der Waals surface area contributed by atoms with E-state index in [2.05, 4.69) is 0 Å². The fraction of sp³-hybridized carbons (Fsp3) is 0.255. The monoisotopic (exact) mass is 1880 g/mol. The second-order valence-corrected chi connectivity index (χ2v) is 34.9. The van der Waals surface area contributed by atoms with Gasteiger partial charge in [0.1, 0.15) is 0 Å². The Labute approximate surface area is 796 Å². The van der Waals surface area contributed by atoms with Crippen molar-refractivity contribution in [1.29, 1.82) is 0 Å². The Kier molecular flexibility index (Phi) is 42.9. The van der Waals surface area contributed by atoms with Gasteiger partial charge in [-0.2, -0.15) is 0 Å². The summed E-state index contributed by atoms with van der Waals surface area (Å²) < 4.78 is 54.7. The summed E-state index contributed by atoms with van der Waals surface area (Å²) >= 11 is 23.7. The minimum Gasteiger partial charge on any atom is -0.380 e. The van der Waals surface area contributed by atoms with Crippen LogP contribution in [0.1, 0.15) is 133 Å². The molecule has 0 saturated heterocycles. The molecule has 0 aliphatic heterocycles. The summed E-state index contributed by atoms with van der Waals surface area (Å²) in [5.41, 5.74) is 27.5. The quantitative estimate of drug-likeness (QED) is 0.0428. The molecule has 0 saturated carbocycles. The molecule has 0 atom stereocenters. The van der Waals surface area contributed by atoms with Gasteiger partial charge in [0.25, 0.3) is 29.5 Å². The van der Waals surface area contributed by atoms with Gasteiger partial charge in [-0.25, -0.2) is 8.42 Å². The molecule has 0 unspecified atom stereocenters. The lowest BCUT2D eigenvalue weighted by atomic mass is 9.96. The van der Waals surface area contributed by atoms with E-state index < -0.39 is 15.7 Å². The third kappa shape index (κ3) is 31.1. The maximum atomic E-state index is 12.5. The number of benzene rings is 12. The lowest BCUT2D eigenvalue weighted by Crippen LogP contribution is -2.30. The molecule has 12 aromatic carbocycles. The third-order valence-electron chi connectivity index (χ3n) is 20.7. The average molecular weight is 1890 g/mol. The van der Waals surface area contributed by atoms with E-state index in [4.69, 9.17) is 80.6 Å². The highest BCUT2D eigenvalue weighted by molar-refractivity contribution is 7.90. The molecule has 0 aromatic heterocycles. The Morgan fingerprint density at radius 2 is 0.492 bits per heavy atom. The van der Waals surface area contributed by atoms with E-state index >= 15 is 0 Å². The number of nitrogens with two attached hydrogens (primary N) is 1. The van der Waals surface area contributed by atoms with Crippen LogP contribution in [0.5, 0.6) is 0 Å². The standard InChI is InChI=1S/C20H24N2O3.C19H22ClNO2.C18H20N2O3.C18H21NO4S.C17H17ClO2.C14H12Cl2O/c1-21(2)19(23)15-8-6-14(7-9-15)18-11-10-16(20(24)22(3)4)12-17(18)13-25-5;1-4-21(5-2)19(22)15-8-11-18(16(12-15)13-23-3)14-6-9-17(20)10-7-14;1-20(2)18(22)14-8-9-16(15(10-14)11-23-3)12-4-6-13(7-5-12)17(19)21;1-19(2)18(20)14-7-10-17(15(11-14)12-23-3)13-5-8-16(9-6-13)24(4,21)22;1-3-17(19)13-6-9-16(14(10-13)11-20-2)12-4-7-15(18)8-5-12;1-17-9-11-8-13(16)6-7-14(11)10-2-4-12(15)5-3-10/h6-12H,13H2,1-5H3;6-12H,4-5,13H2,1-3H3;4-10H,11H2,1-3H3,(H2,19,21);5-11H,12H2,1-4H3;4-10H,3,11H2,1-2H3;2-8H,9H2,1H3. The van der Waals surface area contributed by atoms with Crippen LogP contribution in [-0.4, -0.2) is 193 Å². The zero-order valence-corrected chi connectivity index (χ0v) is 81.8. The number of ether oxygens (including phenoxy) is 6. The van der Waals surface area contributed by atoms with Crippen LogP contribution < -0.4 is 5.73 Å². The number of carbonyl (C=O) groups excluding carboxylic acids is 7. The number of amides is 6. The van der Waals surface area contributed by atoms with Crippen LogP contribution in [0.4, 0.5) is 0 Å². The normalized spacial score (nSPS) is 10.7. The van der Waals surface area contributed by atoms with Crippen molar-refractivity contribution in [2.75, 3.05) is 118 Å². The molecule has 0 spiro atoms. The Morgan fingerprint density at radius 1 is 0.280 bits per heavy atom. The summed E-state index contributed by atoms with van der Waals surface area (Å²) in [6.45, 7) is 9.87. The fourth-order valence-electron chi connectivity index (χ4n) is 13.9. The number of sulfone groups is 1. The molecule has 12 rings (SSSR count). The molecule has 0 aliphatic carbocycles. The molecule has 21 nitrogen and oxygen atoms in total. The van der Waals surface area contributed by atoms with Gasteiger partial charge >= 0.3 is 0 Å². The highest BCUT2D eigenvalue weighted by Crippen LogP contribution is 2.35. The number of hydrogen-bond donors (Lipinski definition) is 1. The van der Waals surface area contributed by atoms with Crippen molar-refractivity contribution >= 4 is 97.5 Å². The molecule has 0 heterocycles. The van der Waals surface area contributed by atoms with Crippen molar-refractivity contribution < 1.29 is 70.4 Å². The number of rotatable bonds is 29. The van der Waals surface area contributed by atoms with Gasteiger partial charge in [0, 0.05) is 184 Å². The predicted octanol–water partition coefficient (Wildman–Crippen LogP) is 22.0. The number of halogens is 4. The highest BCUT2D eigenvalue weighted by Gasteiger charge is 2.21. The van der Waals surface area contributed by atoms with Crippen LogP contribution in [0, 0.1) is 0 Å². The molecule has 0 fully saturated rings. The molecule has 6 amide bonds. The Bertz CT molecular complexity index is 5990. The summed E-state index contributed by atoms with van der Waals surface area (Å²) in [4.78, 5) is 92.1. The van der Waals surface area contributed by atoms with Gasteiger partial charge in [-0.15, -0.1) is 0 Å². The van der Waals surface area contributed by atoms with Gasteiger partial charge in [-0.3, -0.25) is 33.6 Å². The minimum absolute atomic E-state index is 0.0319. The van der Waals surface area contributed by atoms with Gasteiger partial charge in [0.15, 0.2) is 15.6 Å². The summed E-state index contributed by atoms with van der Waals surface area (Å²) in [6, 6.07) is 78.2. The highest BCUT2D eigenvalue weighted by atomic mass is 35.5. The van der Waals surface area contributed by atoms with Gasteiger partial charge in [-0.1, -0.05) is 169 Å². The molecule has 12 aromatic rings. The average Bonchev–Trinajstić information content (AvgIpc) is 0.789. The number of carbonyl (C=O) groups is 7. The molecule has 0 aliphatic rings. The minimum atomic E-state index is -3.22. The predicted molar refractivity (Wildman–Crippen MR) is 531 cm³/mol. The zero-order valence-electron chi connectivity index (χ0n) is 78.0. The molecular weight excluding hydrogens is 1770 g/mol. The third-order valence-corrected chi connectivity index (χ3v) is 22.8. The fourth-order valence-corrected chi connectivity index (χ4v) is 15.1. The second kappa shape index (κ2) is 52.9. The topological polar surface area (TPSA) is 251 Å². The van der Waals surface area contributed by atoms with E-state index in [1.165, 1.54) is 16.1 Å². The van der Waals surface area contributed by atoms with Crippen LogP contribution in [0.2, 0.25) is 20.1 Å². The summed E-state index contributed by atoms with van der Waals surface area (Å²) in [5.74, 6) is -0.476. The molecule has 694 valence electrons. The molecule has 0 radical (unpaired) electrons. The van der Waals surface area contributed by atoms with Crippen molar-refractivity contribution in [2.45, 2.75) is 71.7 Å². The van der Waals surface area contributed by atoms with Crippen molar-refractivity contribution in [1.82, 2.24) is 24.5 Å². The summed E-state index contributed by atoms with van der Waals surface area (Å²) in [7, 11) is 20.4. The number of Topliss-reactive ketones (excluding diaryl/α,β-unsaturated/α-hetero) is 1. The van der Waals surface area contributed by atoms with E-state index in [1.54, 1.807) is 157 Å². The number of ketones is 1. The maximum absolute atomic E-state index is 12.5. The summed E-state index contributed by atoms with van der Waals surface area (Å²) in [6.07, 6.45) is 1.69. The molecule has 26 heteroatoms. The van der Waals surface area contributed by atoms with Gasteiger partial charge in [0.2, 0.25) is 5.91 Å². The van der Waals surface area contributed by atoms with Crippen molar-refractivity contribution in [3.63, 3.8) is 0 Å². The lowest BCUT2D eigenvalue weighted by molar-refractivity contribution is 0.0769.